The topological polar surface area (TPSA) is 85.9 Å². The van der Waals surface area contributed by atoms with Crippen LogP contribution >= 0.6 is 0 Å². The molecule has 1 saturated heterocycles. The van der Waals surface area contributed by atoms with Gasteiger partial charge in [0.1, 0.15) is 6.33 Å². The molecule has 8 heteroatoms. The maximum absolute atomic E-state index is 13.0. The highest BCUT2D eigenvalue weighted by atomic mass is 16.5. The second-order valence-electron chi connectivity index (χ2n) is 8.38. The summed E-state index contributed by atoms with van der Waals surface area (Å²) in [6, 6.07) is 13.7. The minimum atomic E-state index is -0.0732. The van der Waals surface area contributed by atoms with Gasteiger partial charge in [0, 0.05) is 50.2 Å². The number of carbonyl (C=O) groups is 1. The summed E-state index contributed by atoms with van der Waals surface area (Å²) in [5, 5.41) is 0. The number of benzene rings is 2. The SMILES string of the molecule is COc1ccc(CN2CCC(N(C)C(=O)n3cnc(-c4cccc(N)c4)c3)CC2)cc1OC. The molecule has 0 saturated carbocycles. The van der Waals surface area contributed by atoms with Crippen molar-refractivity contribution < 1.29 is 14.3 Å². The van der Waals surface area contributed by atoms with Crippen LogP contribution in [0.3, 0.4) is 0 Å². The van der Waals surface area contributed by atoms with Gasteiger partial charge in [-0.25, -0.2) is 9.78 Å². The van der Waals surface area contributed by atoms with Crippen molar-refractivity contribution in [2.75, 3.05) is 40.1 Å². The van der Waals surface area contributed by atoms with E-state index >= 15 is 0 Å². The Bertz CT molecular complexity index is 1100. The van der Waals surface area contributed by atoms with Crippen LogP contribution in [-0.4, -0.2) is 65.8 Å². The molecule has 0 bridgehead atoms. The van der Waals surface area contributed by atoms with Gasteiger partial charge < -0.3 is 20.1 Å². The van der Waals surface area contributed by atoms with Crippen LogP contribution in [-0.2, 0) is 6.54 Å². The fourth-order valence-corrected chi connectivity index (χ4v) is 4.31. The zero-order valence-electron chi connectivity index (χ0n) is 19.4. The molecule has 0 radical (unpaired) electrons. The lowest BCUT2D eigenvalue weighted by molar-refractivity contribution is 0.132. The van der Waals surface area contributed by atoms with E-state index in [4.69, 9.17) is 15.2 Å². The summed E-state index contributed by atoms with van der Waals surface area (Å²) in [7, 11) is 5.16. The Morgan fingerprint density at radius 3 is 2.58 bits per heavy atom. The molecule has 0 atom stereocenters. The molecular formula is C25H31N5O3. The van der Waals surface area contributed by atoms with Crippen molar-refractivity contribution in [2.45, 2.75) is 25.4 Å². The lowest BCUT2D eigenvalue weighted by Gasteiger charge is -2.36. The zero-order chi connectivity index (χ0) is 23.4. The number of anilines is 1. The van der Waals surface area contributed by atoms with Crippen LogP contribution in [0, 0.1) is 0 Å². The van der Waals surface area contributed by atoms with E-state index in [2.05, 4.69) is 16.0 Å². The third kappa shape index (κ3) is 5.12. The van der Waals surface area contributed by atoms with Crippen LogP contribution in [0.5, 0.6) is 11.5 Å². The first-order chi connectivity index (χ1) is 16.0. The molecule has 174 valence electrons. The Balaban J connectivity index is 1.34. The highest BCUT2D eigenvalue weighted by Crippen LogP contribution is 2.29. The number of methoxy groups -OCH3 is 2. The van der Waals surface area contributed by atoms with Crippen molar-refractivity contribution in [3.8, 4) is 22.8 Å². The first-order valence-electron chi connectivity index (χ1n) is 11.1. The number of ether oxygens (including phenoxy) is 2. The van der Waals surface area contributed by atoms with Crippen molar-refractivity contribution in [1.82, 2.24) is 19.4 Å². The van der Waals surface area contributed by atoms with Crippen molar-refractivity contribution in [1.29, 1.82) is 0 Å². The zero-order valence-corrected chi connectivity index (χ0v) is 19.4. The third-order valence-corrected chi connectivity index (χ3v) is 6.25. The fraction of sp³-hybridized carbons (Fsp3) is 0.360. The van der Waals surface area contributed by atoms with Gasteiger partial charge in [-0.05, 0) is 42.7 Å². The number of likely N-dealkylation sites (tertiary alicyclic amines) is 1. The lowest BCUT2D eigenvalue weighted by Crippen LogP contribution is -2.46. The quantitative estimate of drug-likeness (QED) is 0.578. The number of amides is 1. The molecular weight excluding hydrogens is 418 g/mol. The monoisotopic (exact) mass is 449 g/mol. The van der Waals surface area contributed by atoms with Gasteiger partial charge in [-0.3, -0.25) is 9.47 Å². The van der Waals surface area contributed by atoms with E-state index in [0.29, 0.717) is 5.69 Å². The molecule has 2 heterocycles. The molecule has 0 unspecified atom stereocenters. The molecule has 1 amide bonds. The van der Waals surface area contributed by atoms with E-state index in [1.54, 1.807) is 31.3 Å². The Labute approximate surface area is 194 Å². The van der Waals surface area contributed by atoms with E-state index in [1.165, 1.54) is 5.56 Å². The number of piperidine rings is 1. The molecule has 33 heavy (non-hydrogen) atoms. The van der Waals surface area contributed by atoms with Gasteiger partial charge in [-0.2, -0.15) is 0 Å². The number of nitrogen functional groups attached to an aromatic ring is 1. The average molecular weight is 450 g/mol. The first-order valence-corrected chi connectivity index (χ1v) is 11.1. The summed E-state index contributed by atoms with van der Waals surface area (Å²) < 4.78 is 12.3. The minimum absolute atomic E-state index is 0.0732. The standard InChI is InChI=1S/C25H31N5O3/c1-28(25(31)30-16-22(27-17-30)19-5-4-6-20(26)14-19)21-9-11-29(12-10-21)15-18-7-8-23(32-2)24(13-18)33-3/h4-8,13-14,16-17,21H,9-12,15,26H2,1-3H3. The number of hydrogen-bond donors (Lipinski definition) is 1. The van der Waals surface area contributed by atoms with E-state index < -0.39 is 0 Å². The Morgan fingerprint density at radius 2 is 1.88 bits per heavy atom. The van der Waals surface area contributed by atoms with E-state index in [-0.39, 0.29) is 12.1 Å². The number of nitrogens with two attached hydrogens (primary N) is 1. The number of aromatic nitrogens is 2. The number of rotatable bonds is 6. The average Bonchev–Trinajstić information content (AvgIpc) is 3.34. The smallest absolute Gasteiger partial charge is 0.329 e. The highest BCUT2D eigenvalue weighted by Gasteiger charge is 2.26. The van der Waals surface area contributed by atoms with Gasteiger partial charge >= 0.3 is 6.03 Å². The molecule has 1 aliphatic heterocycles. The predicted molar refractivity (Wildman–Crippen MR) is 128 cm³/mol. The van der Waals surface area contributed by atoms with Crippen molar-refractivity contribution in [3.05, 3.63) is 60.6 Å². The van der Waals surface area contributed by atoms with Gasteiger partial charge in [0.05, 0.1) is 19.9 Å². The van der Waals surface area contributed by atoms with Crippen molar-refractivity contribution in [2.24, 2.45) is 0 Å². The number of carbonyl (C=O) groups excluding carboxylic acids is 1. The minimum Gasteiger partial charge on any atom is -0.493 e. The number of hydrogen-bond acceptors (Lipinski definition) is 6. The van der Waals surface area contributed by atoms with Gasteiger partial charge in [0.2, 0.25) is 0 Å². The lowest BCUT2D eigenvalue weighted by atomic mass is 10.0. The third-order valence-electron chi connectivity index (χ3n) is 6.25. The summed E-state index contributed by atoms with van der Waals surface area (Å²) >= 11 is 0. The Kier molecular flexibility index (Phi) is 6.84. The van der Waals surface area contributed by atoms with E-state index in [0.717, 1.165) is 55.2 Å². The fourth-order valence-electron chi connectivity index (χ4n) is 4.31. The van der Waals surface area contributed by atoms with Gasteiger partial charge in [0.25, 0.3) is 0 Å². The highest BCUT2D eigenvalue weighted by molar-refractivity contribution is 5.78. The van der Waals surface area contributed by atoms with Crippen LogP contribution in [0.2, 0.25) is 0 Å². The molecule has 3 aromatic rings. The van der Waals surface area contributed by atoms with Crippen molar-refractivity contribution >= 4 is 11.7 Å². The Morgan fingerprint density at radius 1 is 1.12 bits per heavy atom. The Hall–Kier alpha value is -3.52. The second-order valence-corrected chi connectivity index (χ2v) is 8.38. The van der Waals surface area contributed by atoms with Gasteiger partial charge in [0.15, 0.2) is 11.5 Å². The maximum atomic E-state index is 13.0. The maximum Gasteiger partial charge on any atom is 0.329 e. The second kappa shape index (κ2) is 9.95. The van der Waals surface area contributed by atoms with E-state index in [1.807, 2.05) is 48.3 Å². The molecule has 0 spiro atoms. The van der Waals surface area contributed by atoms with Crippen molar-refractivity contribution in [3.63, 3.8) is 0 Å². The predicted octanol–water partition coefficient (Wildman–Crippen LogP) is 3.71. The van der Waals surface area contributed by atoms with Gasteiger partial charge in [-0.15, -0.1) is 0 Å². The van der Waals surface area contributed by atoms with Crippen LogP contribution in [0.15, 0.2) is 55.0 Å². The number of nitrogens with zero attached hydrogens (tertiary/aromatic N) is 4. The summed E-state index contributed by atoms with van der Waals surface area (Å²) in [5.74, 6) is 1.48. The summed E-state index contributed by atoms with van der Waals surface area (Å²) in [6.45, 7) is 2.69. The molecule has 4 rings (SSSR count). The van der Waals surface area contributed by atoms with Crippen LogP contribution in [0.25, 0.3) is 11.3 Å². The molecule has 8 nitrogen and oxygen atoms in total. The van der Waals surface area contributed by atoms with E-state index in [9.17, 15) is 4.79 Å². The molecule has 1 fully saturated rings. The van der Waals surface area contributed by atoms with Crippen LogP contribution in [0.4, 0.5) is 10.5 Å². The normalized spacial score (nSPS) is 14.8. The molecule has 0 aliphatic carbocycles. The van der Waals surface area contributed by atoms with Crippen LogP contribution < -0.4 is 15.2 Å². The molecule has 1 aliphatic rings. The summed E-state index contributed by atoms with van der Waals surface area (Å²) in [4.78, 5) is 21.7. The van der Waals surface area contributed by atoms with Gasteiger partial charge in [-0.1, -0.05) is 18.2 Å². The largest absolute Gasteiger partial charge is 0.493 e. The first kappa shape index (κ1) is 22.7. The van der Waals surface area contributed by atoms with Crippen LogP contribution in [0.1, 0.15) is 18.4 Å². The summed E-state index contributed by atoms with van der Waals surface area (Å²) in [6.07, 6.45) is 5.18. The molecule has 2 aromatic carbocycles. The summed E-state index contributed by atoms with van der Waals surface area (Å²) in [5.41, 5.74) is 9.35. The molecule has 2 N–H and O–H groups in total. The number of imidazole rings is 1. The molecule has 1 aromatic heterocycles.